The second-order valence-electron chi connectivity index (χ2n) is 6.72. The van der Waals surface area contributed by atoms with Gasteiger partial charge in [0, 0.05) is 28.7 Å². The molecule has 0 radical (unpaired) electrons. The van der Waals surface area contributed by atoms with Crippen molar-refractivity contribution in [3.8, 4) is 0 Å². The van der Waals surface area contributed by atoms with E-state index in [4.69, 9.17) is 0 Å². The summed E-state index contributed by atoms with van der Waals surface area (Å²) in [6.45, 7) is 0. The third-order valence-electron chi connectivity index (χ3n) is 4.88. The molecular formula is C20H20N2O3S. The van der Waals surface area contributed by atoms with Gasteiger partial charge in [-0.2, -0.15) is 0 Å². The highest BCUT2D eigenvalue weighted by Crippen LogP contribution is 2.26. The van der Waals surface area contributed by atoms with E-state index < -0.39 is 15.9 Å². The summed E-state index contributed by atoms with van der Waals surface area (Å²) in [6.07, 6.45) is 2.27. The van der Waals surface area contributed by atoms with Crippen molar-refractivity contribution in [3.05, 3.63) is 71.9 Å². The number of carbonyl (C=O) groups is 1. The van der Waals surface area contributed by atoms with Crippen LogP contribution in [-0.4, -0.2) is 36.7 Å². The van der Waals surface area contributed by atoms with Gasteiger partial charge in [0.1, 0.15) is 0 Å². The Labute approximate surface area is 152 Å². The number of para-hydroxylation sites is 1. The highest BCUT2D eigenvalue weighted by molar-refractivity contribution is 7.91. The van der Waals surface area contributed by atoms with E-state index in [0.717, 1.165) is 16.5 Å². The Morgan fingerprint density at radius 3 is 2.54 bits per heavy atom. The van der Waals surface area contributed by atoms with E-state index in [1.807, 2.05) is 54.6 Å². The molecule has 0 spiro atoms. The van der Waals surface area contributed by atoms with Crippen molar-refractivity contribution < 1.29 is 13.2 Å². The number of benzene rings is 2. The smallest absolute Gasteiger partial charge is 0.186 e. The molecule has 0 bridgehead atoms. The summed E-state index contributed by atoms with van der Waals surface area (Å²) in [5.74, 6) is 0.197. The number of fused-ring (bicyclic) bond motifs is 1. The van der Waals surface area contributed by atoms with Crippen LogP contribution in [0.15, 0.2) is 60.8 Å². The minimum Gasteiger partial charge on any atom is -0.360 e. The molecule has 3 aromatic rings. The Morgan fingerprint density at radius 2 is 1.81 bits per heavy atom. The second-order valence-corrected chi connectivity index (χ2v) is 8.95. The van der Waals surface area contributed by atoms with E-state index in [2.05, 4.69) is 10.3 Å². The minimum atomic E-state index is -3.02. The molecule has 6 heteroatoms. The fourth-order valence-corrected chi connectivity index (χ4v) is 5.25. The normalized spacial score (nSPS) is 20.2. The average Bonchev–Trinajstić information content (AvgIpc) is 3.23. The van der Waals surface area contributed by atoms with Gasteiger partial charge in [0.2, 0.25) is 0 Å². The standard InChI is InChI=1S/C20H20N2O3S/c23-20(17-12-21-18-9-5-4-8-16(17)18)19(14-6-2-1-3-7-14)22-15-10-11-26(24,25)13-15/h1-9,12,15,19,21-22H,10-11,13H2/t15-,19+/m0/s1. The molecule has 4 rings (SSSR count). The molecule has 2 heterocycles. The van der Waals surface area contributed by atoms with Crippen molar-refractivity contribution in [2.24, 2.45) is 0 Å². The topological polar surface area (TPSA) is 79.0 Å². The van der Waals surface area contributed by atoms with E-state index in [1.165, 1.54) is 0 Å². The first-order valence-electron chi connectivity index (χ1n) is 8.65. The Balaban J connectivity index is 1.69. The van der Waals surface area contributed by atoms with Crippen LogP contribution in [0.1, 0.15) is 28.4 Å². The van der Waals surface area contributed by atoms with E-state index in [9.17, 15) is 13.2 Å². The molecule has 5 nitrogen and oxygen atoms in total. The maximum Gasteiger partial charge on any atom is 0.186 e. The van der Waals surface area contributed by atoms with Crippen molar-refractivity contribution in [3.63, 3.8) is 0 Å². The van der Waals surface area contributed by atoms with Gasteiger partial charge in [0.05, 0.1) is 17.5 Å². The Hall–Kier alpha value is -2.44. The van der Waals surface area contributed by atoms with Gasteiger partial charge in [-0.1, -0.05) is 48.5 Å². The van der Waals surface area contributed by atoms with E-state index in [-0.39, 0.29) is 23.3 Å². The van der Waals surface area contributed by atoms with Crippen LogP contribution in [0.3, 0.4) is 0 Å². The number of rotatable bonds is 5. The van der Waals surface area contributed by atoms with Crippen LogP contribution in [0.25, 0.3) is 10.9 Å². The molecule has 0 aliphatic carbocycles. The first kappa shape index (κ1) is 17.0. The van der Waals surface area contributed by atoms with Crippen LogP contribution < -0.4 is 5.32 Å². The van der Waals surface area contributed by atoms with Gasteiger partial charge in [-0.3, -0.25) is 10.1 Å². The molecule has 1 aliphatic heterocycles. The molecule has 134 valence electrons. The Kier molecular flexibility index (Phi) is 4.38. The lowest BCUT2D eigenvalue weighted by molar-refractivity contribution is 0.0939. The van der Waals surface area contributed by atoms with Crippen molar-refractivity contribution in [1.82, 2.24) is 10.3 Å². The zero-order valence-corrected chi connectivity index (χ0v) is 15.0. The molecule has 0 unspecified atom stereocenters. The number of H-pyrrole nitrogens is 1. The zero-order chi connectivity index (χ0) is 18.1. The first-order valence-corrected chi connectivity index (χ1v) is 10.5. The number of Topliss-reactive ketones (excluding diaryl/α,β-unsaturated/α-hetero) is 1. The van der Waals surface area contributed by atoms with E-state index in [1.54, 1.807) is 6.20 Å². The zero-order valence-electron chi connectivity index (χ0n) is 14.2. The summed E-state index contributed by atoms with van der Waals surface area (Å²) in [7, 11) is -3.02. The summed E-state index contributed by atoms with van der Waals surface area (Å²) >= 11 is 0. The highest BCUT2D eigenvalue weighted by Gasteiger charge is 2.32. The fourth-order valence-electron chi connectivity index (χ4n) is 3.56. The van der Waals surface area contributed by atoms with Gasteiger partial charge >= 0.3 is 0 Å². The van der Waals surface area contributed by atoms with Crippen molar-refractivity contribution in [1.29, 1.82) is 0 Å². The molecule has 2 aromatic carbocycles. The molecule has 1 aliphatic rings. The monoisotopic (exact) mass is 368 g/mol. The van der Waals surface area contributed by atoms with Crippen LogP contribution in [0, 0.1) is 0 Å². The maximum atomic E-state index is 13.3. The van der Waals surface area contributed by atoms with Crippen LogP contribution in [-0.2, 0) is 9.84 Å². The molecule has 0 saturated carbocycles. The quantitative estimate of drug-likeness (QED) is 0.679. The van der Waals surface area contributed by atoms with Gasteiger partial charge in [-0.05, 0) is 18.1 Å². The number of hydrogen-bond donors (Lipinski definition) is 2. The van der Waals surface area contributed by atoms with Gasteiger partial charge < -0.3 is 4.98 Å². The predicted molar refractivity (Wildman–Crippen MR) is 102 cm³/mol. The lowest BCUT2D eigenvalue weighted by Gasteiger charge is -2.21. The molecule has 2 N–H and O–H groups in total. The number of carbonyl (C=O) groups excluding carboxylic acids is 1. The third kappa shape index (κ3) is 3.30. The molecule has 1 saturated heterocycles. The van der Waals surface area contributed by atoms with Crippen LogP contribution in [0.5, 0.6) is 0 Å². The highest BCUT2D eigenvalue weighted by atomic mass is 32.2. The molecule has 2 atom stereocenters. The predicted octanol–water partition coefficient (Wildman–Crippen LogP) is 2.87. The number of nitrogens with one attached hydrogen (secondary N) is 2. The van der Waals surface area contributed by atoms with Gasteiger partial charge in [0.25, 0.3) is 0 Å². The van der Waals surface area contributed by atoms with Crippen molar-refractivity contribution in [2.75, 3.05) is 11.5 Å². The number of sulfone groups is 1. The Bertz CT molecular complexity index is 1040. The molecule has 0 amide bonds. The van der Waals surface area contributed by atoms with Gasteiger partial charge in [0.15, 0.2) is 15.6 Å². The number of ketones is 1. The number of hydrogen-bond acceptors (Lipinski definition) is 4. The van der Waals surface area contributed by atoms with E-state index >= 15 is 0 Å². The maximum absolute atomic E-state index is 13.3. The van der Waals surface area contributed by atoms with Crippen LogP contribution >= 0.6 is 0 Å². The minimum absolute atomic E-state index is 0.0575. The van der Waals surface area contributed by atoms with E-state index in [0.29, 0.717) is 12.0 Å². The lowest BCUT2D eigenvalue weighted by atomic mass is 9.96. The summed E-state index contributed by atoms with van der Waals surface area (Å²) in [5, 5.41) is 4.17. The summed E-state index contributed by atoms with van der Waals surface area (Å²) in [4.78, 5) is 16.5. The summed E-state index contributed by atoms with van der Waals surface area (Å²) < 4.78 is 23.6. The summed E-state index contributed by atoms with van der Waals surface area (Å²) in [5.41, 5.74) is 2.36. The molecule has 26 heavy (non-hydrogen) atoms. The fraction of sp³-hybridized carbons (Fsp3) is 0.250. The largest absolute Gasteiger partial charge is 0.360 e. The number of aromatic nitrogens is 1. The molecule has 1 fully saturated rings. The van der Waals surface area contributed by atoms with Crippen molar-refractivity contribution in [2.45, 2.75) is 18.5 Å². The van der Waals surface area contributed by atoms with Gasteiger partial charge in [-0.25, -0.2) is 8.42 Å². The van der Waals surface area contributed by atoms with Crippen LogP contribution in [0.4, 0.5) is 0 Å². The molecular weight excluding hydrogens is 348 g/mol. The lowest BCUT2D eigenvalue weighted by Crippen LogP contribution is -2.37. The van der Waals surface area contributed by atoms with Gasteiger partial charge in [-0.15, -0.1) is 0 Å². The second kappa shape index (κ2) is 6.70. The SMILES string of the molecule is O=C(c1c[nH]c2ccccc12)[C@H](N[C@H]1CCS(=O)(=O)C1)c1ccccc1. The Morgan fingerprint density at radius 1 is 1.08 bits per heavy atom. The van der Waals surface area contributed by atoms with Crippen molar-refractivity contribution >= 4 is 26.5 Å². The van der Waals surface area contributed by atoms with Crippen LogP contribution in [0.2, 0.25) is 0 Å². The average molecular weight is 368 g/mol. The third-order valence-corrected chi connectivity index (χ3v) is 6.65. The first-order chi connectivity index (χ1) is 12.5. The summed E-state index contributed by atoms with van der Waals surface area (Å²) in [6, 6.07) is 16.4. The molecule has 1 aromatic heterocycles. The number of aromatic amines is 1.